The topological polar surface area (TPSA) is 83.7 Å². The van der Waals surface area contributed by atoms with Crippen LogP contribution in [0.2, 0.25) is 0 Å². The van der Waals surface area contributed by atoms with E-state index in [1.165, 1.54) is 18.4 Å². The van der Waals surface area contributed by atoms with Crippen LogP contribution >= 0.6 is 11.3 Å². The molecule has 0 spiro atoms. The lowest BCUT2D eigenvalue weighted by atomic mass is 10.1. The zero-order valence-electron chi connectivity index (χ0n) is 16.8. The molecule has 0 aliphatic rings. The van der Waals surface area contributed by atoms with Crippen LogP contribution < -0.4 is 19.9 Å². The Kier molecular flexibility index (Phi) is 5.29. The highest BCUT2D eigenvalue weighted by Gasteiger charge is 2.21. The number of ketones is 1. The number of nitrogens with zero attached hydrogens (tertiary/aromatic N) is 1. The quantitative estimate of drug-likeness (QED) is 0.451. The number of benzene rings is 2. The first-order valence-electron chi connectivity index (χ1n) is 9.16. The molecule has 0 amide bonds. The van der Waals surface area contributed by atoms with E-state index in [9.17, 15) is 4.79 Å². The van der Waals surface area contributed by atoms with Crippen LogP contribution in [0.25, 0.3) is 21.5 Å². The van der Waals surface area contributed by atoms with Crippen LogP contribution in [0, 0.1) is 0 Å². The molecule has 2 N–H and O–H groups in total. The smallest absolute Gasteiger partial charge is 0.205 e. The summed E-state index contributed by atoms with van der Waals surface area (Å²) in [5.41, 5.74) is 8.84. The van der Waals surface area contributed by atoms with Gasteiger partial charge in [-0.25, -0.2) is 4.98 Å². The number of fused-ring (bicyclic) bond motifs is 1. The lowest BCUT2D eigenvalue weighted by Gasteiger charge is -2.08. The number of nitrogens with two attached hydrogens (primary N) is 1. The standard InChI is InChI=1S/C23H20N2O4S/c1-27-17-7-5-4-6-14(17)16-10-9-15-20(24)22(30-23(15)25-16)21(26)13-8-11-18(28-2)19(12-13)29-3/h4-12H,24H2,1-3H3. The Hall–Kier alpha value is -3.58. The summed E-state index contributed by atoms with van der Waals surface area (Å²) in [6.45, 7) is 0. The van der Waals surface area contributed by atoms with Crippen LogP contribution in [0.5, 0.6) is 17.2 Å². The van der Waals surface area contributed by atoms with Gasteiger partial charge in [0.05, 0.1) is 32.7 Å². The van der Waals surface area contributed by atoms with Gasteiger partial charge in [0, 0.05) is 16.5 Å². The number of nitrogen functional groups attached to an aromatic ring is 1. The summed E-state index contributed by atoms with van der Waals surface area (Å²) in [7, 11) is 4.71. The molecule has 0 fully saturated rings. The molecule has 2 heterocycles. The largest absolute Gasteiger partial charge is 0.496 e. The average Bonchev–Trinajstić information content (AvgIpc) is 3.13. The fourth-order valence-electron chi connectivity index (χ4n) is 3.28. The number of methoxy groups -OCH3 is 3. The molecule has 0 saturated carbocycles. The fraction of sp³-hybridized carbons (Fsp3) is 0.130. The number of para-hydroxylation sites is 1. The highest BCUT2D eigenvalue weighted by molar-refractivity contribution is 7.21. The normalized spacial score (nSPS) is 10.8. The third-order valence-corrected chi connectivity index (χ3v) is 5.94. The molecule has 4 rings (SSSR count). The summed E-state index contributed by atoms with van der Waals surface area (Å²) in [6.07, 6.45) is 0. The fourth-order valence-corrected chi connectivity index (χ4v) is 4.34. The molecule has 0 bridgehead atoms. The number of rotatable bonds is 6. The van der Waals surface area contributed by atoms with Gasteiger partial charge in [-0.3, -0.25) is 4.79 Å². The number of carbonyl (C=O) groups is 1. The number of hydrogen-bond donors (Lipinski definition) is 1. The van der Waals surface area contributed by atoms with Gasteiger partial charge in [0.2, 0.25) is 5.78 Å². The van der Waals surface area contributed by atoms with E-state index in [1.54, 1.807) is 32.4 Å². The summed E-state index contributed by atoms with van der Waals surface area (Å²) < 4.78 is 16.0. The van der Waals surface area contributed by atoms with Crippen LogP contribution in [-0.4, -0.2) is 32.1 Å². The van der Waals surface area contributed by atoms with E-state index in [-0.39, 0.29) is 5.78 Å². The van der Waals surface area contributed by atoms with Crippen LogP contribution in [-0.2, 0) is 0 Å². The molecule has 0 radical (unpaired) electrons. The van der Waals surface area contributed by atoms with Crippen molar-refractivity contribution < 1.29 is 19.0 Å². The van der Waals surface area contributed by atoms with Gasteiger partial charge in [0.1, 0.15) is 15.5 Å². The number of ether oxygens (including phenoxy) is 3. The lowest BCUT2D eigenvalue weighted by molar-refractivity contribution is 0.104. The molecular formula is C23H20N2O4S. The number of thiophene rings is 1. The Morgan fingerprint density at radius 3 is 2.37 bits per heavy atom. The highest BCUT2D eigenvalue weighted by Crippen LogP contribution is 2.38. The molecule has 152 valence electrons. The molecular weight excluding hydrogens is 400 g/mol. The van der Waals surface area contributed by atoms with Gasteiger partial charge in [-0.2, -0.15) is 0 Å². The van der Waals surface area contributed by atoms with Crippen molar-refractivity contribution in [1.29, 1.82) is 0 Å². The zero-order chi connectivity index (χ0) is 21.3. The molecule has 4 aromatic rings. The van der Waals surface area contributed by atoms with Gasteiger partial charge in [-0.1, -0.05) is 12.1 Å². The second kappa shape index (κ2) is 8.04. The maximum Gasteiger partial charge on any atom is 0.205 e. The molecule has 0 unspecified atom stereocenters. The van der Waals surface area contributed by atoms with E-state index in [0.29, 0.717) is 32.5 Å². The number of hydrogen-bond acceptors (Lipinski definition) is 7. The Balaban J connectivity index is 1.77. The molecule has 2 aromatic heterocycles. The van der Waals surface area contributed by atoms with E-state index in [2.05, 4.69) is 0 Å². The molecule has 30 heavy (non-hydrogen) atoms. The Morgan fingerprint density at radius 1 is 0.900 bits per heavy atom. The zero-order valence-corrected chi connectivity index (χ0v) is 17.6. The van der Waals surface area contributed by atoms with Crippen LogP contribution in [0.1, 0.15) is 15.2 Å². The van der Waals surface area contributed by atoms with Crippen molar-refractivity contribution in [3.63, 3.8) is 0 Å². The van der Waals surface area contributed by atoms with Crippen LogP contribution in [0.3, 0.4) is 0 Å². The van der Waals surface area contributed by atoms with Gasteiger partial charge in [0.25, 0.3) is 0 Å². The number of carbonyl (C=O) groups excluding carboxylic acids is 1. The van der Waals surface area contributed by atoms with Crippen molar-refractivity contribution in [2.75, 3.05) is 27.1 Å². The van der Waals surface area contributed by atoms with Gasteiger partial charge >= 0.3 is 0 Å². The van der Waals surface area contributed by atoms with E-state index in [0.717, 1.165) is 22.4 Å². The van der Waals surface area contributed by atoms with E-state index < -0.39 is 0 Å². The van der Waals surface area contributed by atoms with E-state index in [1.807, 2.05) is 36.4 Å². The number of pyridine rings is 1. The molecule has 7 heteroatoms. The minimum atomic E-state index is -0.185. The van der Waals surface area contributed by atoms with Crippen molar-refractivity contribution in [3.05, 3.63) is 65.0 Å². The van der Waals surface area contributed by atoms with Crippen molar-refractivity contribution in [3.8, 4) is 28.5 Å². The molecule has 0 saturated heterocycles. The summed E-state index contributed by atoms with van der Waals surface area (Å²) in [5, 5.41) is 0.752. The van der Waals surface area contributed by atoms with E-state index in [4.69, 9.17) is 24.9 Å². The van der Waals surface area contributed by atoms with Crippen LogP contribution in [0.4, 0.5) is 5.69 Å². The minimum Gasteiger partial charge on any atom is -0.496 e. The van der Waals surface area contributed by atoms with Crippen molar-refractivity contribution in [1.82, 2.24) is 4.98 Å². The summed E-state index contributed by atoms with van der Waals surface area (Å²) >= 11 is 1.27. The van der Waals surface area contributed by atoms with E-state index >= 15 is 0 Å². The monoisotopic (exact) mass is 420 g/mol. The van der Waals surface area contributed by atoms with Gasteiger partial charge in [-0.15, -0.1) is 11.3 Å². The maximum atomic E-state index is 13.1. The van der Waals surface area contributed by atoms with Gasteiger partial charge in [0.15, 0.2) is 11.5 Å². The summed E-state index contributed by atoms with van der Waals surface area (Å²) in [6, 6.07) is 16.5. The molecule has 0 aliphatic heterocycles. The first-order valence-corrected chi connectivity index (χ1v) is 9.98. The molecule has 0 aliphatic carbocycles. The summed E-state index contributed by atoms with van der Waals surface area (Å²) in [5.74, 6) is 1.59. The molecule has 2 aromatic carbocycles. The third-order valence-electron chi connectivity index (χ3n) is 4.83. The van der Waals surface area contributed by atoms with Crippen LogP contribution in [0.15, 0.2) is 54.6 Å². The second-order valence-corrected chi connectivity index (χ2v) is 7.49. The predicted molar refractivity (Wildman–Crippen MR) is 119 cm³/mol. The number of anilines is 1. The minimum absolute atomic E-state index is 0.185. The Labute approximate surface area is 177 Å². The first-order chi connectivity index (χ1) is 14.6. The second-order valence-electron chi connectivity index (χ2n) is 6.49. The third kappa shape index (κ3) is 3.33. The lowest BCUT2D eigenvalue weighted by Crippen LogP contribution is -2.03. The van der Waals surface area contributed by atoms with Crippen molar-refractivity contribution in [2.45, 2.75) is 0 Å². The maximum absolute atomic E-state index is 13.1. The van der Waals surface area contributed by atoms with Gasteiger partial charge < -0.3 is 19.9 Å². The van der Waals surface area contributed by atoms with Crippen molar-refractivity contribution >= 4 is 33.0 Å². The highest BCUT2D eigenvalue weighted by atomic mass is 32.1. The van der Waals surface area contributed by atoms with Gasteiger partial charge in [-0.05, 0) is 42.5 Å². The van der Waals surface area contributed by atoms with Crippen molar-refractivity contribution in [2.24, 2.45) is 0 Å². The Bertz CT molecular complexity index is 1250. The Morgan fingerprint density at radius 2 is 1.63 bits per heavy atom. The summed E-state index contributed by atoms with van der Waals surface area (Å²) in [4.78, 5) is 19.0. The average molecular weight is 420 g/mol. The number of aromatic nitrogens is 1. The molecule has 0 atom stereocenters. The SMILES string of the molecule is COc1ccc(C(=O)c2sc3nc(-c4ccccc4OC)ccc3c2N)cc1OC. The predicted octanol–water partition coefficient (Wildman–Crippen LogP) is 4.80. The first kappa shape index (κ1) is 19.7. The molecule has 6 nitrogen and oxygen atoms in total.